The smallest absolute Gasteiger partial charge is 0.253 e. The quantitative estimate of drug-likeness (QED) is 0.730. The average Bonchev–Trinajstić information content (AvgIpc) is 3.10. The van der Waals surface area contributed by atoms with Gasteiger partial charge in [-0.3, -0.25) is 19.3 Å². The van der Waals surface area contributed by atoms with Gasteiger partial charge in [0.05, 0.1) is 18.1 Å². The normalized spacial score (nSPS) is 22.4. The Labute approximate surface area is 146 Å². The minimum Gasteiger partial charge on any atom is -0.338 e. The third kappa shape index (κ3) is 3.73. The lowest BCUT2D eigenvalue weighted by atomic mass is 10.1. The van der Waals surface area contributed by atoms with Gasteiger partial charge in [0.1, 0.15) is 0 Å². The molecule has 0 saturated carbocycles. The Morgan fingerprint density at radius 2 is 1.76 bits per heavy atom. The Bertz CT molecular complexity index is 800. The number of hydrogen-bond donors (Lipinski definition) is 0. The fraction of sp³-hybridized carbons (Fsp3) is 0.471. The molecule has 7 nitrogen and oxygen atoms in total. The van der Waals surface area contributed by atoms with Crippen molar-refractivity contribution in [3.05, 3.63) is 35.4 Å². The van der Waals surface area contributed by atoms with Crippen LogP contribution >= 0.6 is 0 Å². The van der Waals surface area contributed by atoms with Crippen LogP contribution in [0.5, 0.6) is 0 Å². The first-order valence-electron chi connectivity index (χ1n) is 8.16. The molecular weight excluding hydrogens is 344 g/mol. The van der Waals surface area contributed by atoms with Gasteiger partial charge in [0.15, 0.2) is 9.84 Å². The van der Waals surface area contributed by atoms with Gasteiger partial charge in [0, 0.05) is 31.5 Å². The van der Waals surface area contributed by atoms with Crippen LogP contribution in [0.15, 0.2) is 24.3 Å². The SMILES string of the molecule is CN(C(=O)c1ccc(CN2C(=O)CCC2=O)cc1)[C@H]1CCS(=O)(=O)C1. The molecule has 2 aliphatic rings. The van der Waals surface area contributed by atoms with Crippen molar-refractivity contribution in [3.8, 4) is 0 Å². The topological polar surface area (TPSA) is 91.8 Å². The zero-order chi connectivity index (χ0) is 18.2. The van der Waals surface area contributed by atoms with Gasteiger partial charge in [0.2, 0.25) is 11.8 Å². The number of sulfone groups is 1. The second-order valence-corrected chi connectivity index (χ2v) is 8.77. The minimum absolute atomic E-state index is 0.00646. The summed E-state index contributed by atoms with van der Waals surface area (Å²) in [6.45, 7) is 0.211. The Kier molecular flexibility index (Phi) is 4.64. The van der Waals surface area contributed by atoms with Crippen LogP contribution in [0.4, 0.5) is 0 Å². The van der Waals surface area contributed by atoms with E-state index in [0.717, 1.165) is 5.56 Å². The van der Waals surface area contributed by atoms with E-state index in [9.17, 15) is 22.8 Å². The zero-order valence-corrected chi connectivity index (χ0v) is 14.8. The lowest BCUT2D eigenvalue weighted by Crippen LogP contribution is -2.37. The maximum absolute atomic E-state index is 12.5. The first kappa shape index (κ1) is 17.6. The molecule has 8 heteroatoms. The molecule has 134 valence electrons. The van der Waals surface area contributed by atoms with Crippen molar-refractivity contribution in [2.45, 2.75) is 31.8 Å². The first-order chi connectivity index (χ1) is 11.8. The molecule has 1 aromatic carbocycles. The number of carbonyl (C=O) groups is 3. The maximum atomic E-state index is 12.5. The fourth-order valence-corrected chi connectivity index (χ4v) is 4.96. The van der Waals surface area contributed by atoms with Crippen molar-refractivity contribution in [1.82, 2.24) is 9.80 Å². The van der Waals surface area contributed by atoms with Crippen LogP contribution in [0.1, 0.15) is 35.2 Å². The molecule has 0 N–H and O–H groups in total. The van der Waals surface area contributed by atoms with Gasteiger partial charge >= 0.3 is 0 Å². The van der Waals surface area contributed by atoms with Crippen LogP contribution < -0.4 is 0 Å². The number of likely N-dealkylation sites (tertiary alicyclic amines) is 1. The van der Waals surface area contributed by atoms with E-state index in [0.29, 0.717) is 12.0 Å². The third-order valence-electron chi connectivity index (χ3n) is 4.77. The van der Waals surface area contributed by atoms with Gasteiger partial charge < -0.3 is 4.90 Å². The van der Waals surface area contributed by atoms with Gasteiger partial charge in [-0.25, -0.2) is 8.42 Å². The van der Waals surface area contributed by atoms with Crippen LogP contribution in [0, 0.1) is 0 Å². The molecule has 2 heterocycles. The number of carbonyl (C=O) groups excluding carboxylic acids is 3. The molecule has 1 aromatic rings. The number of amides is 3. The van der Waals surface area contributed by atoms with Crippen LogP contribution in [0.3, 0.4) is 0 Å². The lowest BCUT2D eigenvalue weighted by molar-refractivity contribution is -0.139. The summed E-state index contributed by atoms with van der Waals surface area (Å²) in [5.74, 6) is -0.458. The molecule has 3 rings (SSSR count). The highest BCUT2D eigenvalue weighted by molar-refractivity contribution is 7.91. The Balaban J connectivity index is 1.66. The van der Waals surface area contributed by atoms with Gasteiger partial charge in [0.25, 0.3) is 5.91 Å². The van der Waals surface area contributed by atoms with E-state index < -0.39 is 9.84 Å². The summed E-state index contributed by atoms with van der Waals surface area (Å²) < 4.78 is 23.1. The van der Waals surface area contributed by atoms with Gasteiger partial charge in [-0.05, 0) is 24.1 Å². The predicted molar refractivity (Wildman–Crippen MR) is 90.4 cm³/mol. The van der Waals surface area contributed by atoms with Crippen molar-refractivity contribution < 1.29 is 22.8 Å². The van der Waals surface area contributed by atoms with Crippen molar-refractivity contribution >= 4 is 27.6 Å². The Hall–Kier alpha value is -2.22. The van der Waals surface area contributed by atoms with Crippen LogP contribution in [-0.4, -0.2) is 60.5 Å². The minimum atomic E-state index is -3.05. The summed E-state index contributed by atoms with van der Waals surface area (Å²) in [6, 6.07) is 6.42. The highest BCUT2D eigenvalue weighted by Gasteiger charge is 2.33. The number of nitrogens with zero attached hydrogens (tertiary/aromatic N) is 2. The van der Waals surface area contributed by atoms with Crippen molar-refractivity contribution in [2.24, 2.45) is 0 Å². The van der Waals surface area contributed by atoms with Gasteiger partial charge in [-0.1, -0.05) is 12.1 Å². The molecule has 3 amide bonds. The summed E-state index contributed by atoms with van der Waals surface area (Å²) in [6.07, 6.45) is 0.969. The molecule has 0 aliphatic carbocycles. The summed E-state index contributed by atoms with van der Waals surface area (Å²) in [5.41, 5.74) is 1.22. The van der Waals surface area contributed by atoms with E-state index in [1.165, 1.54) is 9.80 Å². The largest absolute Gasteiger partial charge is 0.338 e. The summed E-state index contributed by atoms with van der Waals surface area (Å²) in [7, 11) is -1.44. The molecule has 2 saturated heterocycles. The standard InChI is InChI=1S/C17H20N2O5S/c1-18(14-8-9-25(23,24)11-14)17(22)13-4-2-12(3-5-13)10-19-15(20)6-7-16(19)21/h2-5,14H,6-11H2,1H3/t14-/m0/s1. The Morgan fingerprint density at radius 3 is 2.28 bits per heavy atom. The van der Waals surface area contributed by atoms with E-state index in [-0.39, 0.29) is 54.7 Å². The Morgan fingerprint density at radius 1 is 1.16 bits per heavy atom. The number of rotatable bonds is 4. The van der Waals surface area contributed by atoms with E-state index >= 15 is 0 Å². The lowest BCUT2D eigenvalue weighted by Gasteiger charge is -2.23. The highest BCUT2D eigenvalue weighted by atomic mass is 32.2. The highest BCUT2D eigenvalue weighted by Crippen LogP contribution is 2.20. The third-order valence-corrected chi connectivity index (χ3v) is 6.52. The van der Waals surface area contributed by atoms with Crippen molar-refractivity contribution in [3.63, 3.8) is 0 Å². The second kappa shape index (κ2) is 6.59. The maximum Gasteiger partial charge on any atom is 0.253 e. The van der Waals surface area contributed by atoms with Gasteiger partial charge in [-0.2, -0.15) is 0 Å². The molecule has 2 aliphatic heterocycles. The molecule has 0 spiro atoms. The van der Waals surface area contributed by atoms with Crippen LogP contribution in [0.2, 0.25) is 0 Å². The summed E-state index contributed by atoms with van der Waals surface area (Å²) in [4.78, 5) is 38.5. The molecular formula is C17H20N2O5S. The number of imide groups is 1. The number of benzene rings is 1. The van der Waals surface area contributed by atoms with E-state index in [1.807, 2.05) is 0 Å². The molecule has 0 aromatic heterocycles. The van der Waals surface area contributed by atoms with Gasteiger partial charge in [-0.15, -0.1) is 0 Å². The predicted octanol–water partition coefficient (Wildman–Crippen LogP) is 0.595. The van der Waals surface area contributed by atoms with E-state index in [2.05, 4.69) is 0 Å². The van der Waals surface area contributed by atoms with Crippen LogP contribution in [-0.2, 0) is 26.0 Å². The fourth-order valence-electron chi connectivity index (χ4n) is 3.18. The molecule has 1 atom stereocenters. The number of hydrogen-bond acceptors (Lipinski definition) is 5. The summed E-state index contributed by atoms with van der Waals surface area (Å²) >= 11 is 0. The molecule has 0 unspecified atom stereocenters. The van der Waals surface area contributed by atoms with E-state index in [1.54, 1.807) is 31.3 Å². The van der Waals surface area contributed by atoms with Crippen LogP contribution in [0.25, 0.3) is 0 Å². The van der Waals surface area contributed by atoms with Crippen molar-refractivity contribution in [1.29, 1.82) is 0 Å². The second-order valence-electron chi connectivity index (χ2n) is 6.54. The molecule has 25 heavy (non-hydrogen) atoms. The molecule has 0 bridgehead atoms. The monoisotopic (exact) mass is 364 g/mol. The van der Waals surface area contributed by atoms with E-state index in [4.69, 9.17) is 0 Å². The zero-order valence-electron chi connectivity index (χ0n) is 14.0. The first-order valence-corrected chi connectivity index (χ1v) is 9.99. The average molecular weight is 364 g/mol. The van der Waals surface area contributed by atoms with Crippen molar-refractivity contribution in [2.75, 3.05) is 18.6 Å². The summed E-state index contributed by atoms with van der Waals surface area (Å²) in [5, 5.41) is 0. The molecule has 2 fully saturated rings. The molecule has 0 radical (unpaired) electrons.